The highest BCUT2D eigenvalue weighted by Gasteiger charge is 2.29. The van der Waals surface area contributed by atoms with Crippen molar-refractivity contribution in [3.63, 3.8) is 0 Å². The number of hydrogen-bond acceptors (Lipinski definition) is 3. The third kappa shape index (κ3) is 2.30. The van der Waals surface area contributed by atoms with Crippen LogP contribution >= 0.6 is 0 Å². The van der Waals surface area contributed by atoms with Gasteiger partial charge in [-0.1, -0.05) is 13.8 Å². The van der Waals surface area contributed by atoms with E-state index in [1.807, 2.05) is 0 Å². The molecule has 4 nitrogen and oxygen atoms in total. The first-order valence-electron chi connectivity index (χ1n) is 7.38. The molecule has 1 aromatic heterocycles. The van der Waals surface area contributed by atoms with E-state index in [1.54, 1.807) is 6.33 Å². The van der Waals surface area contributed by atoms with E-state index in [0.29, 0.717) is 12.1 Å². The lowest BCUT2D eigenvalue weighted by Gasteiger charge is -2.35. The summed E-state index contributed by atoms with van der Waals surface area (Å²) in [4.78, 5) is 4.43. The van der Waals surface area contributed by atoms with E-state index in [1.165, 1.54) is 32.1 Å². The fourth-order valence-corrected chi connectivity index (χ4v) is 3.43. The van der Waals surface area contributed by atoms with Gasteiger partial charge in [0.1, 0.15) is 12.2 Å². The Balaban J connectivity index is 1.64. The number of fused-ring (bicyclic) bond motifs is 1. The first-order valence-corrected chi connectivity index (χ1v) is 7.38. The lowest BCUT2D eigenvalue weighted by atomic mass is 9.79. The predicted octanol–water partition coefficient (Wildman–Crippen LogP) is 2.53. The van der Waals surface area contributed by atoms with Crippen LogP contribution in [0.1, 0.15) is 57.8 Å². The van der Waals surface area contributed by atoms with E-state index >= 15 is 0 Å². The van der Waals surface area contributed by atoms with Crippen molar-refractivity contribution in [3.05, 3.63) is 12.2 Å². The first kappa shape index (κ1) is 12.2. The van der Waals surface area contributed by atoms with Gasteiger partial charge < -0.3 is 5.32 Å². The third-order valence-electron chi connectivity index (χ3n) is 4.85. The lowest BCUT2D eigenvalue weighted by Crippen LogP contribution is -2.40. The molecule has 0 amide bonds. The minimum Gasteiger partial charge on any atom is -0.304 e. The largest absolute Gasteiger partial charge is 0.304 e. The van der Waals surface area contributed by atoms with Gasteiger partial charge in [-0.2, -0.15) is 5.10 Å². The van der Waals surface area contributed by atoms with Gasteiger partial charge in [-0.15, -0.1) is 0 Å². The van der Waals surface area contributed by atoms with Gasteiger partial charge in [0.25, 0.3) is 0 Å². The molecular formula is C14H24N4. The van der Waals surface area contributed by atoms with Crippen molar-refractivity contribution in [2.75, 3.05) is 0 Å². The molecule has 0 unspecified atom stereocenters. The molecule has 1 fully saturated rings. The molecule has 1 saturated carbocycles. The molecule has 1 aromatic rings. The van der Waals surface area contributed by atoms with Crippen LogP contribution in [0, 0.1) is 11.8 Å². The van der Waals surface area contributed by atoms with Crippen LogP contribution in [0.3, 0.4) is 0 Å². The predicted molar refractivity (Wildman–Crippen MR) is 71.1 cm³/mol. The van der Waals surface area contributed by atoms with Crippen LogP contribution in [0.5, 0.6) is 0 Å². The van der Waals surface area contributed by atoms with E-state index < -0.39 is 0 Å². The zero-order valence-electron chi connectivity index (χ0n) is 11.5. The summed E-state index contributed by atoms with van der Waals surface area (Å²) >= 11 is 0. The Hall–Kier alpha value is -0.900. The molecule has 4 heteroatoms. The fraction of sp³-hybridized carbons (Fsp3) is 0.857. The molecule has 0 radical (unpaired) electrons. The van der Waals surface area contributed by atoms with Gasteiger partial charge in [-0.05, 0) is 43.9 Å². The van der Waals surface area contributed by atoms with Crippen LogP contribution in [0.4, 0.5) is 0 Å². The molecular weight excluding hydrogens is 224 g/mol. The summed E-state index contributed by atoms with van der Waals surface area (Å²) < 4.78 is 2.07. The average Bonchev–Trinajstić information content (AvgIpc) is 2.83. The Bertz CT molecular complexity index is 400. The number of aryl methyl sites for hydroxylation is 1. The summed E-state index contributed by atoms with van der Waals surface area (Å²) in [6.07, 6.45) is 8.10. The highest BCUT2D eigenvalue weighted by atomic mass is 15.3. The van der Waals surface area contributed by atoms with Gasteiger partial charge in [-0.25, -0.2) is 9.67 Å². The summed E-state index contributed by atoms with van der Waals surface area (Å²) in [6, 6.07) is 1.09. The monoisotopic (exact) mass is 248 g/mol. The standard InChI is InChI=1S/C14H24N4/c1-10-5-6-12(8-11(10)2)17-13-4-3-7-18-14(13)15-9-16-18/h9-13,17H,3-8H2,1-2H3/t10-,11+,12+,13-/m1/s1. The van der Waals surface area contributed by atoms with E-state index in [9.17, 15) is 0 Å². The van der Waals surface area contributed by atoms with Gasteiger partial charge >= 0.3 is 0 Å². The van der Waals surface area contributed by atoms with Gasteiger partial charge in [-0.3, -0.25) is 0 Å². The van der Waals surface area contributed by atoms with Crippen molar-refractivity contribution in [1.29, 1.82) is 0 Å². The van der Waals surface area contributed by atoms with Crippen LogP contribution < -0.4 is 5.32 Å². The van der Waals surface area contributed by atoms with Crippen molar-refractivity contribution >= 4 is 0 Å². The van der Waals surface area contributed by atoms with Gasteiger partial charge in [0.15, 0.2) is 0 Å². The molecule has 1 aliphatic carbocycles. The average molecular weight is 248 g/mol. The van der Waals surface area contributed by atoms with Crippen LogP contribution in [0.15, 0.2) is 6.33 Å². The van der Waals surface area contributed by atoms with Crippen molar-refractivity contribution in [2.45, 2.75) is 64.6 Å². The second-order valence-corrected chi connectivity index (χ2v) is 6.17. The van der Waals surface area contributed by atoms with Gasteiger partial charge in [0.05, 0.1) is 6.04 Å². The van der Waals surface area contributed by atoms with Crippen molar-refractivity contribution in [2.24, 2.45) is 11.8 Å². The summed E-state index contributed by atoms with van der Waals surface area (Å²) in [6.45, 7) is 5.81. The van der Waals surface area contributed by atoms with Crippen LogP contribution in [-0.2, 0) is 6.54 Å². The molecule has 0 spiro atoms. The molecule has 2 heterocycles. The molecule has 0 bridgehead atoms. The molecule has 3 rings (SSSR count). The minimum atomic E-state index is 0.423. The number of nitrogens with one attached hydrogen (secondary N) is 1. The maximum Gasteiger partial charge on any atom is 0.143 e. The molecule has 1 N–H and O–H groups in total. The van der Waals surface area contributed by atoms with Crippen molar-refractivity contribution in [1.82, 2.24) is 20.1 Å². The fourth-order valence-electron chi connectivity index (χ4n) is 3.43. The smallest absolute Gasteiger partial charge is 0.143 e. The molecule has 0 saturated heterocycles. The quantitative estimate of drug-likeness (QED) is 0.874. The van der Waals surface area contributed by atoms with Crippen LogP contribution in [0.2, 0.25) is 0 Å². The molecule has 4 atom stereocenters. The summed E-state index contributed by atoms with van der Waals surface area (Å²) in [5, 5.41) is 8.12. The topological polar surface area (TPSA) is 42.7 Å². The van der Waals surface area contributed by atoms with Gasteiger partial charge in [0, 0.05) is 12.6 Å². The first-order chi connectivity index (χ1) is 8.74. The Morgan fingerprint density at radius 2 is 2.11 bits per heavy atom. The molecule has 100 valence electrons. The maximum absolute atomic E-state index is 4.43. The third-order valence-corrected chi connectivity index (χ3v) is 4.85. The van der Waals surface area contributed by atoms with Gasteiger partial charge in [0.2, 0.25) is 0 Å². The zero-order valence-corrected chi connectivity index (χ0v) is 11.5. The zero-order chi connectivity index (χ0) is 12.5. The van der Waals surface area contributed by atoms with Crippen LogP contribution in [0.25, 0.3) is 0 Å². The van der Waals surface area contributed by atoms with Crippen molar-refractivity contribution in [3.8, 4) is 0 Å². The summed E-state index contributed by atoms with van der Waals surface area (Å²) in [7, 11) is 0. The number of nitrogens with zero attached hydrogens (tertiary/aromatic N) is 3. The Morgan fingerprint density at radius 1 is 1.22 bits per heavy atom. The highest BCUT2D eigenvalue weighted by Crippen LogP contribution is 2.31. The normalized spacial score (nSPS) is 36.3. The minimum absolute atomic E-state index is 0.423. The highest BCUT2D eigenvalue weighted by molar-refractivity contribution is 4.99. The second-order valence-electron chi connectivity index (χ2n) is 6.17. The van der Waals surface area contributed by atoms with Crippen LogP contribution in [-0.4, -0.2) is 20.8 Å². The van der Waals surface area contributed by atoms with E-state index in [0.717, 1.165) is 24.2 Å². The molecule has 2 aliphatic rings. The Labute approximate surface area is 109 Å². The number of hydrogen-bond donors (Lipinski definition) is 1. The number of aromatic nitrogens is 3. The maximum atomic E-state index is 4.43. The SMILES string of the molecule is C[C@@H]1CC[C@H](N[C@@H]2CCCn3ncnc32)C[C@@H]1C. The number of rotatable bonds is 2. The van der Waals surface area contributed by atoms with E-state index in [-0.39, 0.29) is 0 Å². The Kier molecular flexibility index (Phi) is 3.37. The van der Waals surface area contributed by atoms with E-state index in [2.05, 4.69) is 33.9 Å². The second kappa shape index (κ2) is 5.00. The summed E-state index contributed by atoms with van der Waals surface area (Å²) in [5.74, 6) is 2.88. The Morgan fingerprint density at radius 3 is 2.94 bits per heavy atom. The molecule has 1 aliphatic heterocycles. The molecule has 0 aromatic carbocycles. The molecule has 18 heavy (non-hydrogen) atoms. The van der Waals surface area contributed by atoms with Crippen molar-refractivity contribution < 1.29 is 0 Å². The lowest BCUT2D eigenvalue weighted by molar-refractivity contribution is 0.204. The van der Waals surface area contributed by atoms with E-state index in [4.69, 9.17) is 0 Å². The summed E-state index contributed by atoms with van der Waals surface area (Å²) in [5.41, 5.74) is 0.